The Morgan fingerprint density at radius 1 is 1.03 bits per heavy atom. The van der Waals surface area contributed by atoms with E-state index in [9.17, 15) is 9.59 Å². The molecule has 0 unspecified atom stereocenters. The third kappa shape index (κ3) is 7.24. The first-order valence-electron chi connectivity index (χ1n) is 11.5. The average Bonchev–Trinajstić information content (AvgIpc) is 2.87. The lowest BCUT2D eigenvalue weighted by Crippen LogP contribution is -2.26. The van der Waals surface area contributed by atoms with Crippen LogP contribution >= 0.6 is 23.2 Å². The molecule has 8 heteroatoms. The lowest BCUT2D eigenvalue weighted by Gasteiger charge is -2.29. The molecule has 186 valence electrons. The van der Waals surface area contributed by atoms with Gasteiger partial charge in [-0.05, 0) is 60.0 Å². The molecule has 0 radical (unpaired) electrons. The van der Waals surface area contributed by atoms with E-state index in [1.165, 1.54) is 0 Å². The van der Waals surface area contributed by atoms with Gasteiger partial charge in [0.05, 0.1) is 23.1 Å². The number of ether oxygens (including phenoxy) is 1. The summed E-state index contributed by atoms with van der Waals surface area (Å²) < 4.78 is 6.47. The zero-order valence-corrected chi connectivity index (χ0v) is 21.2. The molecule has 0 bridgehead atoms. The fraction of sp³-hybridized carbons (Fsp3) is 0.250. The topological polar surface area (TPSA) is 99.4 Å². The molecule has 0 aromatic heterocycles. The number of nitrogens with zero attached hydrogens (tertiary/aromatic N) is 1. The fourth-order valence-electron chi connectivity index (χ4n) is 3.91. The standard InChI is InChI=1S/C28H26Cl2N2O4/c1-2-3-23(19-5-7-21(8-6-19)28(35)32-15-14-26(33)34)27(20-9-11-22(29)12-10-20)36-25-13-4-18(17-31)16-24(25)30/h4-13,16,23,27H,2-3,14-15H2,1H3,(H,32,35)(H,33,34)/t23-,27+/m1/s1. The van der Waals surface area contributed by atoms with Gasteiger partial charge >= 0.3 is 5.97 Å². The van der Waals surface area contributed by atoms with Gasteiger partial charge in [-0.25, -0.2) is 0 Å². The Labute approximate surface area is 220 Å². The quantitative estimate of drug-likeness (QED) is 0.288. The van der Waals surface area contributed by atoms with Crippen LogP contribution in [0.5, 0.6) is 5.75 Å². The van der Waals surface area contributed by atoms with Gasteiger partial charge < -0.3 is 15.2 Å². The third-order valence-corrected chi connectivity index (χ3v) is 6.25. The smallest absolute Gasteiger partial charge is 0.305 e. The lowest BCUT2D eigenvalue weighted by molar-refractivity contribution is -0.136. The molecule has 3 aromatic rings. The monoisotopic (exact) mass is 524 g/mol. The molecule has 3 aromatic carbocycles. The van der Waals surface area contributed by atoms with Crippen molar-refractivity contribution in [2.45, 2.75) is 38.2 Å². The number of carboxylic acids is 1. The molecule has 0 fully saturated rings. The van der Waals surface area contributed by atoms with Gasteiger partial charge in [-0.1, -0.05) is 60.8 Å². The summed E-state index contributed by atoms with van der Waals surface area (Å²) in [7, 11) is 0. The van der Waals surface area contributed by atoms with E-state index in [-0.39, 0.29) is 24.8 Å². The maximum atomic E-state index is 12.4. The molecule has 0 saturated heterocycles. The predicted octanol–water partition coefficient (Wildman–Crippen LogP) is 6.77. The number of carbonyl (C=O) groups excluding carboxylic acids is 1. The molecule has 0 aliphatic heterocycles. The van der Waals surface area contributed by atoms with Crippen molar-refractivity contribution in [1.29, 1.82) is 5.26 Å². The minimum atomic E-state index is -0.969. The lowest BCUT2D eigenvalue weighted by atomic mass is 9.85. The van der Waals surface area contributed by atoms with Crippen LogP contribution in [0.1, 0.15) is 65.3 Å². The number of rotatable bonds is 11. The summed E-state index contributed by atoms with van der Waals surface area (Å²) in [6.07, 6.45) is 1.13. The van der Waals surface area contributed by atoms with E-state index in [0.717, 1.165) is 24.0 Å². The largest absolute Gasteiger partial charge is 0.484 e. The van der Waals surface area contributed by atoms with Crippen LogP contribution in [0.4, 0.5) is 0 Å². The molecule has 6 nitrogen and oxygen atoms in total. The summed E-state index contributed by atoms with van der Waals surface area (Å²) in [5.41, 5.74) is 2.77. The predicted molar refractivity (Wildman–Crippen MR) is 140 cm³/mol. The van der Waals surface area contributed by atoms with E-state index in [4.69, 9.17) is 38.3 Å². The van der Waals surface area contributed by atoms with Crippen LogP contribution in [-0.2, 0) is 4.79 Å². The summed E-state index contributed by atoms with van der Waals surface area (Å²) in [6, 6.07) is 21.7. The van der Waals surface area contributed by atoms with Crippen molar-refractivity contribution in [3.63, 3.8) is 0 Å². The Bertz CT molecular complexity index is 1240. The summed E-state index contributed by atoms with van der Waals surface area (Å²) >= 11 is 12.6. The Kier molecular flexibility index (Phi) is 9.75. The van der Waals surface area contributed by atoms with Crippen LogP contribution < -0.4 is 10.1 Å². The molecule has 0 heterocycles. The van der Waals surface area contributed by atoms with Gasteiger partial charge in [0.1, 0.15) is 11.9 Å². The molecule has 36 heavy (non-hydrogen) atoms. The first-order chi connectivity index (χ1) is 17.3. The van der Waals surface area contributed by atoms with Crippen LogP contribution in [0.15, 0.2) is 66.7 Å². The SMILES string of the molecule is CCC[C@H](c1ccc(C(=O)NCCC(=O)O)cc1)[C@@H](Oc1ccc(C#N)cc1Cl)c1ccc(Cl)cc1. The van der Waals surface area contributed by atoms with Crippen molar-refractivity contribution in [3.05, 3.63) is 99.0 Å². The van der Waals surface area contributed by atoms with Crippen molar-refractivity contribution in [3.8, 4) is 11.8 Å². The molecule has 0 aliphatic rings. The van der Waals surface area contributed by atoms with E-state index >= 15 is 0 Å². The Morgan fingerprint density at radius 3 is 2.28 bits per heavy atom. The van der Waals surface area contributed by atoms with E-state index in [1.807, 2.05) is 24.3 Å². The number of hydrogen-bond acceptors (Lipinski definition) is 4. The number of benzene rings is 3. The van der Waals surface area contributed by atoms with E-state index in [0.29, 0.717) is 26.9 Å². The first kappa shape index (κ1) is 27.1. The average molecular weight is 525 g/mol. The van der Waals surface area contributed by atoms with Crippen LogP contribution in [0.2, 0.25) is 10.0 Å². The van der Waals surface area contributed by atoms with E-state index in [1.54, 1.807) is 42.5 Å². The van der Waals surface area contributed by atoms with E-state index < -0.39 is 12.1 Å². The number of hydrogen-bond donors (Lipinski definition) is 2. The Hall–Kier alpha value is -3.53. The highest BCUT2D eigenvalue weighted by molar-refractivity contribution is 6.32. The molecule has 0 spiro atoms. The number of aliphatic carboxylic acids is 1. The Balaban J connectivity index is 1.93. The second kappa shape index (κ2) is 13.0. The van der Waals surface area contributed by atoms with Crippen LogP contribution in [0.3, 0.4) is 0 Å². The van der Waals surface area contributed by atoms with Gasteiger partial charge in [0.2, 0.25) is 0 Å². The van der Waals surface area contributed by atoms with Crippen molar-refractivity contribution in [2.75, 3.05) is 6.54 Å². The van der Waals surface area contributed by atoms with Gasteiger partial charge in [-0.3, -0.25) is 9.59 Å². The molecule has 2 N–H and O–H groups in total. The molecule has 0 aliphatic carbocycles. The van der Waals surface area contributed by atoms with Crippen LogP contribution in [0.25, 0.3) is 0 Å². The normalized spacial score (nSPS) is 12.3. The first-order valence-corrected chi connectivity index (χ1v) is 12.3. The summed E-state index contributed by atoms with van der Waals surface area (Å²) in [6.45, 7) is 2.15. The fourth-order valence-corrected chi connectivity index (χ4v) is 4.26. The molecule has 3 rings (SSSR count). The molecular formula is C28H26Cl2N2O4. The van der Waals surface area contributed by atoms with Crippen molar-refractivity contribution < 1.29 is 19.4 Å². The van der Waals surface area contributed by atoms with E-state index in [2.05, 4.69) is 18.3 Å². The second-order valence-electron chi connectivity index (χ2n) is 8.26. The van der Waals surface area contributed by atoms with Gasteiger partial charge in [0, 0.05) is 23.0 Å². The summed E-state index contributed by atoms with van der Waals surface area (Å²) in [4.78, 5) is 23.1. The number of halogens is 2. The highest BCUT2D eigenvalue weighted by Gasteiger charge is 2.27. The Morgan fingerprint density at radius 2 is 1.69 bits per heavy atom. The number of nitrogens with one attached hydrogen (secondary N) is 1. The summed E-state index contributed by atoms with van der Waals surface area (Å²) in [5, 5.41) is 21.5. The maximum Gasteiger partial charge on any atom is 0.305 e. The van der Waals surface area contributed by atoms with Crippen molar-refractivity contribution in [2.24, 2.45) is 0 Å². The van der Waals surface area contributed by atoms with Gasteiger partial charge in [0.25, 0.3) is 5.91 Å². The number of nitriles is 1. The minimum absolute atomic E-state index is 0.0617. The number of amides is 1. The molecule has 1 amide bonds. The van der Waals surface area contributed by atoms with Crippen LogP contribution in [-0.4, -0.2) is 23.5 Å². The van der Waals surface area contributed by atoms with Crippen molar-refractivity contribution >= 4 is 35.1 Å². The van der Waals surface area contributed by atoms with Gasteiger partial charge in [0.15, 0.2) is 0 Å². The molecular weight excluding hydrogens is 499 g/mol. The van der Waals surface area contributed by atoms with Gasteiger partial charge in [-0.15, -0.1) is 0 Å². The third-order valence-electron chi connectivity index (χ3n) is 5.70. The highest BCUT2D eigenvalue weighted by atomic mass is 35.5. The number of carboxylic acid groups (broad SMARTS) is 1. The number of carbonyl (C=O) groups is 2. The van der Waals surface area contributed by atoms with Crippen molar-refractivity contribution in [1.82, 2.24) is 5.32 Å². The zero-order valence-electron chi connectivity index (χ0n) is 19.7. The highest BCUT2D eigenvalue weighted by Crippen LogP contribution is 2.40. The minimum Gasteiger partial charge on any atom is -0.484 e. The maximum absolute atomic E-state index is 12.4. The molecule has 2 atom stereocenters. The molecule has 0 saturated carbocycles. The van der Waals surface area contributed by atoms with Crippen LogP contribution in [0, 0.1) is 11.3 Å². The summed E-state index contributed by atoms with van der Waals surface area (Å²) in [5.74, 6) is -0.911. The second-order valence-corrected chi connectivity index (χ2v) is 9.11. The van der Waals surface area contributed by atoms with Gasteiger partial charge in [-0.2, -0.15) is 5.26 Å². The zero-order chi connectivity index (χ0) is 26.1.